The fourth-order valence-electron chi connectivity index (χ4n) is 2.00. The largest absolute Gasteiger partial charge is 0.496 e. The lowest BCUT2D eigenvalue weighted by Crippen LogP contribution is -2.23. The minimum atomic E-state index is -0.0590. The first-order valence-electron chi connectivity index (χ1n) is 6.09. The van der Waals surface area contributed by atoms with E-state index in [0.29, 0.717) is 11.3 Å². The predicted molar refractivity (Wildman–Crippen MR) is 76.4 cm³/mol. The van der Waals surface area contributed by atoms with Gasteiger partial charge in [0.1, 0.15) is 5.75 Å². The molecule has 0 bridgehead atoms. The van der Waals surface area contributed by atoms with Crippen molar-refractivity contribution in [2.75, 3.05) is 21.2 Å². The lowest BCUT2D eigenvalue weighted by molar-refractivity contribution is 0.0825. The maximum atomic E-state index is 12.4. The molecule has 2 aromatic rings. The van der Waals surface area contributed by atoms with Crippen LogP contribution in [0.25, 0.3) is 11.1 Å². The predicted octanol–water partition coefficient (Wildman–Crippen LogP) is 3.06. The number of rotatable bonds is 3. The number of ether oxygens (including phenoxy) is 1. The summed E-state index contributed by atoms with van der Waals surface area (Å²) in [6.45, 7) is 0. The van der Waals surface area contributed by atoms with Gasteiger partial charge in [0, 0.05) is 14.1 Å². The zero-order chi connectivity index (χ0) is 13.8. The Labute approximate surface area is 113 Å². The van der Waals surface area contributed by atoms with Gasteiger partial charge in [0.05, 0.1) is 12.7 Å². The SMILES string of the molecule is COc1cccc(-c2ccccc2)c1C(=O)N(C)C. The van der Waals surface area contributed by atoms with Crippen LogP contribution in [-0.2, 0) is 0 Å². The maximum Gasteiger partial charge on any atom is 0.257 e. The molecule has 0 radical (unpaired) electrons. The van der Waals surface area contributed by atoms with E-state index < -0.39 is 0 Å². The molecule has 0 N–H and O–H groups in total. The molecule has 98 valence electrons. The number of nitrogens with zero attached hydrogens (tertiary/aromatic N) is 1. The average Bonchev–Trinajstić information content (AvgIpc) is 2.46. The van der Waals surface area contributed by atoms with E-state index >= 15 is 0 Å². The number of amides is 1. The van der Waals surface area contributed by atoms with Crippen LogP contribution < -0.4 is 4.74 Å². The van der Waals surface area contributed by atoms with Crippen molar-refractivity contribution in [2.24, 2.45) is 0 Å². The van der Waals surface area contributed by atoms with Crippen LogP contribution in [0, 0.1) is 0 Å². The Morgan fingerprint density at radius 3 is 2.26 bits per heavy atom. The maximum absolute atomic E-state index is 12.4. The van der Waals surface area contributed by atoms with Gasteiger partial charge in [0.2, 0.25) is 0 Å². The monoisotopic (exact) mass is 255 g/mol. The standard InChI is InChI=1S/C16H17NO2/c1-17(2)16(18)15-13(10-7-11-14(15)19-3)12-8-5-4-6-9-12/h4-11H,1-3H3. The summed E-state index contributed by atoms with van der Waals surface area (Å²) >= 11 is 0. The van der Waals surface area contributed by atoms with Gasteiger partial charge in [-0.05, 0) is 17.2 Å². The summed E-state index contributed by atoms with van der Waals surface area (Å²) in [6, 6.07) is 15.5. The Balaban J connectivity index is 2.64. The third kappa shape index (κ3) is 2.60. The number of carbonyl (C=O) groups excluding carboxylic acids is 1. The molecule has 2 aromatic carbocycles. The van der Waals surface area contributed by atoms with Gasteiger partial charge in [-0.25, -0.2) is 0 Å². The van der Waals surface area contributed by atoms with Crippen LogP contribution in [0.1, 0.15) is 10.4 Å². The Kier molecular flexibility index (Phi) is 3.85. The van der Waals surface area contributed by atoms with Gasteiger partial charge in [-0.3, -0.25) is 4.79 Å². The lowest BCUT2D eigenvalue weighted by atomic mass is 9.98. The molecular formula is C16H17NO2. The minimum Gasteiger partial charge on any atom is -0.496 e. The van der Waals surface area contributed by atoms with Gasteiger partial charge in [-0.2, -0.15) is 0 Å². The van der Waals surface area contributed by atoms with Crippen molar-refractivity contribution in [3.05, 3.63) is 54.1 Å². The van der Waals surface area contributed by atoms with E-state index in [2.05, 4.69) is 0 Å². The molecule has 3 heteroatoms. The van der Waals surface area contributed by atoms with Crippen LogP contribution >= 0.6 is 0 Å². The Morgan fingerprint density at radius 2 is 1.68 bits per heavy atom. The van der Waals surface area contributed by atoms with Gasteiger partial charge in [0.25, 0.3) is 5.91 Å². The molecule has 0 aliphatic rings. The molecule has 0 fully saturated rings. The van der Waals surface area contributed by atoms with Gasteiger partial charge in [-0.15, -0.1) is 0 Å². The quantitative estimate of drug-likeness (QED) is 0.843. The molecule has 0 spiro atoms. The van der Waals surface area contributed by atoms with Crippen molar-refractivity contribution in [2.45, 2.75) is 0 Å². The van der Waals surface area contributed by atoms with Crippen molar-refractivity contribution in [3.8, 4) is 16.9 Å². The summed E-state index contributed by atoms with van der Waals surface area (Å²) in [5.74, 6) is 0.538. The van der Waals surface area contributed by atoms with Crippen molar-refractivity contribution < 1.29 is 9.53 Å². The Morgan fingerprint density at radius 1 is 1.00 bits per heavy atom. The van der Waals surface area contributed by atoms with E-state index in [4.69, 9.17) is 4.74 Å². The van der Waals surface area contributed by atoms with E-state index in [1.165, 1.54) is 0 Å². The number of carbonyl (C=O) groups is 1. The first-order chi connectivity index (χ1) is 9.15. The number of benzene rings is 2. The number of methoxy groups -OCH3 is 1. The third-order valence-electron chi connectivity index (χ3n) is 2.95. The molecule has 0 saturated carbocycles. The second kappa shape index (κ2) is 5.57. The summed E-state index contributed by atoms with van der Waals surface area (Å²) in [5.41, 5.74) is 2.49. The highest BCUT2D eigenvalue weighted by molar-refractivity contribution is 6.03. The van der Waals surface area contributed by atoms with Crippen LogP contribution in [0.5, 0.6) is 5.75 Å². The molecule has 2 rings (SSSR count). The summed E-state index contributed by atoms with van der Waals surface area (Å²) in [4.78, 5) is 13.9. The second-order valence-electron chi connectivity index (χ2n) is 4.45. The van der Waals surface area contributed by atoms with Crippen molar-refractivity contribution in [1.82, 2.24) is 4.90 Å². The highest BCUT2D eigenvalue weighted by atomic mass is 16.5. The first kappa shape index (κ1) is 13.1. The highest BCUT2D eigenvalue weighted by Crippen LogP contribution is 2.31. The molecule has 0 atom stereocenters. The molecule has 1 amide bonds. The zero-order valence-electron chi connectivity index (χ0n) is 11.4. The van der Waals surface area contributed by atoms with E-state index in [-0.39, 0.29) is 5.91 Å². The topological polar surface area (TPSA) is 29.5 Å². The molecule has 19 heavy (non-hydrogen) atoms. The summed E-state index contributed by atoms with van der Waals surface area (Å²) in [7, 11) is 5.06. The molecule has 0 aliphatic carbocycles. The van der Waals surface area contributed by atoms with Gasteiger partial charge >= 0.3 is 0 Å². The van der Waals surface area contributed by atoms with Crippen LogP contribution in [0.15, 0.2) is 48.5 Å². The van der Waals surface area contributed by atoms with Gasteiger partial charge in [0.15, 0.2) is 0 Å². The van der Waals surface area contributed by atoms with Gasteiger partial charge < -0.3 is 9.64 Å². The van der Waals surface area contributed by atoms with Crippen molar-refractivity contribution in [1.29, 1.82) is 0 Å². The van der Waals surface area contributed by atoms with E-state index in [1.807, 2.05) is 48.5 Å². The van der Waals surface area contributed by atoms with Crippen LogP contribution in [0.3, 0.4) is 0 Å². The summed E-state index contributed by atoms with van der Waals surface area (Å²) < 4.78 is 5.33. The van der Waals surface area contributed by atoms with Crippen LogP contribution in [-0.4, -0.2) is 32.0 Å². The molecular weight excluding hydrogens is 238 g/mol. The first-order valence-corrected chi connectivity index (χ1v) is 6.09. The molecule has 3 nitrogen and oxygen atoms in total. The summed E-state index contributed by atoms with van der Waals surface area (Å²) in [5, 5.41) is 0. The second-order valence-corrected chi connectivity index (χ2v) is 4.45. The normalized spacial score (nSPS) is 10.1. The summed E-state index contributed by atoms with van der Waals surface area (Å²) in [6.07, 6.45) is 0. The molecule has 0 aliphatic heterocycles. The Hall–Kier alpha value is -2.29. The molecule has 0 heterocycles. The number of hydrogen-bond acceptors (Lipinski definition) is 2. The average molecular weight is 255 g/mol. The minimum absolute atomic E-state index is 0.0590. The lowest BCUT2D eigenvalue weighted by Gasteiger charge is -2.17. The van der Waals surface area contributed by atoms with Crippen LogP contribution in [0.4, 0.5) is 0 Å². The molecule has 0 aromatic heterocycles. The van der Waals surface area contributed by atoms with Gasteiger partial charge in [-0.1, -0.05) is 42.5 Å². The van der Waals surface area contributed by atoms with Crippen LogP contribution in [0.2, 0.25) is 0 Å². The Bertz CT molecular complexity index is 577. The third-order valence-corrected chi connectivity index (χ3v) is 2.95. The number of hydrogen-bond donors (Lipinski definition) is 0. The van der Waals surface area contributed by atoms with Crippen molar-refractivity contribution >= 4 is 5.91 Å². The molecule has 0 unspecified atom stereocenters. The zero-order valence-corrected chi connectivity index (χ0v) is 11.4. The highest BCUT2D eigenvalue weighted by Gasteiger charge is 2.19. The fourth-order valence-corrected chi connectivity index (χ4v) is 2.00. The van der Waals surface area contributed by atoms with Crippen molar-refractivity contribution in [3.63, 3.8) is 0 Å². The molecule has 0 saturated heterocycles. The van der Waals surface area contributed by atoms with E-state index in [0.717, 1.165) is 11.1 Å². The van der Waals surface area contributed by atoms with E-state index in [1.54, 1.807) is 26.1 Å². The van der Waals surface area contributed by atoms with E-state index in [9.17, 15) is 4.79 Å². The fraction of sp³-hybridized carbons (Fsp3) is 0.188. The smallest absolute Gasteiger partial charge is 0.257 e.